The van der Waals surface area contributed by atoms with Crippen molar-refractivity contribution in [2.24, 2.45) is 5.92 Å². The highest BCUT2D eigenvalue weighted by Gasteiger charge is 2.37. The SMILES string of the molecule is C#Cc1ccc(C(C(=O)NCCCCC)N(CCCCC)C(=O)C(NC(=O)OC(C)(C)C)C(C)C)cc1. The molecular formula is C30H47N3O4. The minimum absolute atomic E-state index is 0.217. The summed E-state index contributed by atoms with van der Waals surface area (Å²) in [6, 6.07) is 5.46. The molecule has 1 aromatic carbocycles. The van der Waals surface area contributed by atoms with E-state index in [0.717, 1.165) is 38.5 Å². The first-order chi connectivity index (χ1) is 17.4. The second-order valence-corrected chi connectivity index (χ2v) is 10.8. The third-order valence-electron chi connectivity index (χ3n) is 5.92. The van der Waals surface area contributed by atoms with E-state index < -0.39 is 23.8 Å². The maximum Gasteiger partial charge on any atom is 0.408 e. The van der Waals surface area contributed by atoms with E-state index in [0.29, 0.717) is 24.2 Å². The lowest BCUT2D eigenvalue weighted by molar-refractivity contribution is -0.143. The quantitative estimate of drug-likeness (QED) is 0.251. The highest BCUT2D eigenvalue weighted by Crippen LogP contribution is 2.25. The standard InChI is InChI=1S/C30H47N3O4/c1-9-12-14-20-31-27(34)26(24-18-16-23(11-3)17-19-24)33(21-15-13-10-2)28(35)25(22(4)5)32-29(36)37-30(6,7)8/h3,16-19,22,25-26H,9-10,12-15,20-21H2,1-2,4-8H3,(H,31,34)(H,32,36). The van der Waals surface area contributed by atoms with Crippen LogP contribution in [0.1, 0.15) is 104 Å². The van der Waals surface area contributed by atoms with E-state index in [1.165, 1.54) is 0 Å². The number of nitrogens with one attached hydrogen (secondary N) is 2. The van der Waals surface area contributed by atoms with E-state index in [9.17, 15) is 14.4 Å². The number of hydrogen-bond acceptors (Lipinski definition) is 4. The number of alkyl carbamates (subject to hydrolysis) is 1. The Kier molecular flexibility index (Phi) is 13.8. The monoisotopic (exact) mass is 513 g/mol. The molecule has 0 saturated carbocycles. The Morgan fingerprint density at radius 3 is 2.11 bits per heavy atom. The fourth-order valence-corrected chi connectivity index (χ4v) is 3.94. The first-order valence-corrected chi connectivity index (χ1v) is 13.6. The van der Waals surface area contributed by atoms with Crippen LogP contribution in [0.5, 0.6) is 0 Å². The molecule has 0 saturated heterocycles. The zero-order valence-electron chi connectivity index (χ0n) is 23.9. The molecule has 0 aliphatic rings. The van der Waals surface area contributed by atoms with Crippen molar-refractivity contribution in [3.63, 3.8) is 0 Å². The summed E-state index contributed by atoms with van der Waals surface area (Å²) in [5, 5.41) is 5.78. The first-order valence-electron chi connectivity index (χ1n) is 13.6. The molecule has 0 aliphatic heterocycles. The topological polar surface area (TPSA) is 87.7 Å². The molecule has 0 aliphatic carbocycles. The molecule has 2 N–H and O–H groups in total. The van der Waals surface area contributed by atoms with Crippen molar-refractivity contribution in [2.45, 2.75) is 105 Å². The minimum atomic E-state index is -0.850. The van der Waals surface area contributed by atoms with Gasteiger partial charge in [-0.05, 0) is 57.2 Å². The molecule has 0 fully saturated rings. The van der Waals surface area contributed by atoms with Gasteiger partial charge in [-0.25, -0.2) is 4.79 Å². The summed E-state index contributed by atoms with van der Waals surface area (Å²) in [5.41, 5.74) is 0.674. The lowest BCUT2D eigenvalue weighted by Crippen LogP contribution is -2.55. The van der Waals surface area contributed by atoms with Crippen molar-refractivity contribution < 1.29 is 19.1 Å². The van der Waals surface area contributed by atoms with Crippen molar-refractivity contribution in [1.82, 2.24) is 15.5 Å². The Morgan fingerprint density at radius 1 is 1.00 bits per heavy atom. The number of amides is 3. The summed E-state index contributed by atoms with van der Waals surface area (Å²) < 4.78 is 5.42. The molecule has 206 valence electrons. The van der Waals surface area contributed by atoms with Crippen molar-refractivity contribution >= 4 is 17.9 Å². The van der Waals surface area contributed by atoms with Gasteiger partial charge in [0.15, 0.2) is 0 Å². The summed E-state index contributed by atoms with van der Waals surface area (Å²) in [4.78, 5) is 41.8. The number of hydrogen-bond donors (Lipinski definition) is 2. The van der Waals surface area contributed by atoms with E-state index in [-0.39, 0.29) is 17.7 Å². The van der Waals surface area contributed by atoms with Gasteiger partial charge in [-0.1, -0.05) is 71.4 Å². The number of terminal acetylenes is 1. The van der Waals surface area contributed by atoms with Gasteiger partial charge >= 0.3 is 6.09 Å². The number of rotatable bonds is 14. The highest BCUT2D eigenvalue weighted by molar-refractivity contribution is 5.92. The second-order valence-electron chi connectivity index (χ2n) is 10.8. The Labute approximate surface area is 224 Å². The first kappa shape index (κ1) is 32.0. The van der Waals surface area contributed by atoms with E-state index in [2.05, 4.69) is 30.4 Å². The number of benzene rings is 1. The number of carbonyl (C=O) groups excluding carboxylic acids is 3. The fourth-order valence-electron chi connectivity index (χ4n) is 3.94. The van der Waals surface area contributed by atoms with Gasteiger partial charge in [0.2, 0.25) is 11.8 Å². The molecule has 1 rings (SSSR count). The maximum atomic E-state index is 14.0. The summed E-state index contributed by atoms with van der Waals surface area (Å²) in [7, 11) is 0. The normalized spacial score (nSPS) is 12.8. The second kappa shape index (κ2) is 16.0. The number of nitrogens with zero attached hydrogens (tertiary/aromatic N) is 1. The summed E-state index contributed by atoms with van der Waals surface area (Å²) >= 11 is 0. The van der Waals surface area contributed by atoms with Crippen molar-refractivity contribution in [3.05, 3.63) is 35.4 Å². The van der Waals surface area contributed by atoms with E-state index in [1.807, 2.05) is 13.8 Å². The molecule has 1 aromatic rings. The van der Waals surface area contributed by atoms with Crippen LogP contribution in [0.2, 0.25) is 0 Å². The van der Waals surface area contributed by atoms with Crippen LogP contribution >= 0.6 is 0 Å². The Morgan fingerprint density at radius 2 is 1.59 bits per heavy atom. The highest BCUT2D eigenvalue weighted by atomic mass is 16.6. The van der Waals surface area contributed by atoms with Crippen LogP contribution < -0.4 is 10.6 Å². The lowest BCUT2D eigenvalue weighted by Gasteiger charge is -2.35. The summed E-state index contributed by atoms with van der Waals surface area (Å²) in [5.74, 6) is 1.82. The van der Waals surface area contributed by atoms with Crippen molar-refractivity contribution in [3.8, 4) is 12.3 Å². The van der Waals surface area contributed by atoms with Crippen molar-refractivity contribution in [1.29, 1.82) is 0 Å². The molecule has 3 amide bonds. The molecule has 0 aromatic heterocycles. The van der Waals surface area contributed by atoms with E-state index >= 15 is 0 Å². The molecule has 7 nitrogen and oxygen atoms in total. The van der Waals surface area contributed by atoms with Gasteiger partial charge in [0.25, 0.3) is 0 Å². The Bertz CT molecular complexity index is 897. The number of ether oxygens (including phenoxy) is 1. The van der Waals surface area contributed by atoms with Crippen molar-refractivity contribution in [2.75, 3.05) is 13.1 Å². The van der Waals surface area contributed by atoms with Crippen LogP contribution in [0.15, 0.2) is 24.3 Å². The van der Waals surface area contributed by atoms with Gasteiger partial charge in [0, 0.05) is 18.7 Å². The van der Waals surface area contributed by atoms with Gasteiger partial charge < -0.3 is 20.3 Å². The average molecular weight is 514 g/mol. The van der Waals surface area contributed by atoms with Gasteiger partial charge in [-0.15, -0.1) is 6.42 Å². The average Bonchev–Trinajstić information content (AvgIpc) is 2.83. The molecule has 2 unspecified atom stereocenters. The van der Waals surface area contributed by atoms with Gasteiger partial charge in [0.05, 0.1) is 0 Å². The molecule has 0 spiro atoms. The number of unbranched alkanes of at least 4 members (excludes halogenated alkanes) is 4. The lowest BCUT2D eigenvalue weighted by atomic mass is 9.97. The smallest absolute Gasteiger partial charge is 0.408 e. The molecule has 7 heteroatoms. The molecule has 2 atom stereocenters. The largest absolute Gasteiger partial charge is 0.444 e. The van der Waals surface area contributed by atoms with Crippen LogP contribution in [0.3, 0.4) is 0 Å². The van der Waals surface area contributed by atoms with Gasteiger partial charge in [-0.3, -0.25) is 9.59 Å². The van der Waals surface area contributed by atoms with E-state index in [4.69, 9.17) is 11.2 Å². The maximum absolute atomic E-state index is 14.0. The minimum Gasteiger partial charge on any atom is -0.444 e. The third kappa shape index (κ3) is 11.3. The Hall–Kier alpha value is -3.01. The molecule has 0 bridgehead atoms. The van der Waals surface area contributed by atoms with Gasteiger partial charge in [-0.2, -0.15) is 0 Å². The molecule has 37 heavy (non-hydrogen) atoms. The Balaban J connectivity index is 3.42. The zero-order valence-corrected chi connectivity index (χ0v) is 23.9. The van der Waals surface area contributed by atoms with Crippen LogP contribution in [0.4, 0.5) is 4.79 Å². The number of carbonyl (C=O) groups is 3. The predicted octanol–water partition coefficient (Wildman–Crippen LogP) is 5.58. The van der Waals surface area contributed by atoms with Crippen LogP contribution in [-0.4, -0.2) is 47.5 Å². The fraction of sp³-hybridized carbons (Fsp3) is 0.633. The predicted molar refractivity (Wildman–Crippen MR) is 149 cm³/mol. The van der Waals surface area contributed by atoms with E-state index in [1.54, 1.807) is 49.9 Å². The summed E-state index contributed by atoms with van der Waals surface area (Å²) in [6.07, 6.45) is 10.4. The van der Waals surface area contributed by atoms with Gasteiger partial charge in [0.1, 0.15) is 17.7 Å². The van der Waals surface area contributed by atoms with Crippen LogP contribution in [0, 0.1) is 18.3 Å². The molecule has 0 radical (unpaired) electrons. The van der Waals surface area contributed by atoms with Crippen LogP contribution in [-0.2, 0) is 14.3 Å². The zero-order chi connectivity index (χ0) is 28.0. The third-order valence-corrected chi connectivity index (χ3v) is 5.92. The van der Waals surface area contributed by atoms with Crippen LogP contribution in [0.25, 0.3) is 0 Å². The summed E-state index contributed by atoms with van der Waals surface area (Å²) in [6.45, 7) is 14.2. The molecule has 0 heterocycles. The molecular weight excluding hydrogens is 466 g/mol.